The maximum Gasteiger partial charge on any atom is 0.317 e. The summed E-state index contributed by atoms with van der Waals surface area (Å²) >= 11 is 6.05. The van der Waals surface area contributed by atoms with Crippen molar-refractivity contribution in [3.63, 3.8) is 0 Å². The number of nitrogens with one attached hydrogen (secondary N) is 3. The molecule has 2 amide bonds. The standard InChI is InChI=1S/C21H27ClFN7O/c1-13(28-21(31)30(2)3)7-5-4-6-8-24-20-17(23)12-27-19(29-20)16-11-26-18-15(16)9-14(22)10-25-18/h9-13H,4-8H2,1-3H3,(H,25,26)(H,28,31)(H,24,27,29). The van der Waals surface area contributed by atoms with Gasteiger partial charge < -0.3 is 20.5 Å². The lowest BCUT2D eigenvalue weighted by molar-refractivity contribution is 0.213. The molecule has 3 aromatic rings. The van der Waals surface area contributed by atoms with Crippen molar-refractivity contribution in [2.24, 2.45) is 0 Å². The number of unbranched alkanes of at least 4 members (excludes halogenated alkanes) is 2. The van der Waals surface area contributed by atoms with E-state index in [0.717, 1.165) is 37.3 Å². The number of hydrogen-bond donors (Lipinski definition) is 3. The zero-order valence-electron chi connectivity index (χ0n) is 17.9. The summed E-state index contributed by atoms with van der Waals surface area (Å²) in [5.74, 6) is 0.0606. The molecule has 0 aliphatic carbocycles. The van der Waals surface area contributed by atoms with Crippen LogP contribution in [-0.4, -0.2) is 57.5 Å². The van der Waals surface area contributed by atoms with Crippen LogP contribution in [0.3, 0.4) is 0 Å². The molecule has 0 spiro atoms. The molecule has 31 heavy (non-hydrogen) atoms. The second-order valence-corrected chi connectivity index (χ2v) is 8.10. The summed E-state index contributed by atoms with van der Waals surface area (Å²) in [6.45, 7) is 2.58. The Kier molecular flexibility index (Phi) is 7.62. The van der Waals surface area contributed by atoms with Crippen molar-refractivity contribution in [1.82, 2.24) is 30.2 Å². The molecule has 0 saturated heterocycles. The molecule has 0 radical (unpaired) electrons. The van der Waals surface area contributed by atoms with Gasteiger partial charge in [-0.3, -0.25) is 0 Å². The topological polar surface area (TPSA) is 98.8 Å². The molecule has 3 heterocycles. The molecule has 0 aliphatic heterocycles. The Hall–Kier alpha value is -2.94. The fourth-order valence-electron chi connectivity index (χ4n) is 3.15. The number of H-pyrrole nitrogens is 1. The quantitative estimate of drug-likeness (QED) is 0.421. The molecule has 10 heteroatoms. The van der Waals surface area contributed by atoms with E-state index in [0.29, 0.717) is 28.6 Å². The van der Waals surface area contributed by atoms with Gasteiger partial charge in [0.25, 0.3) is 0 Å². The number of nitrogens with zero attached hydrogens (tertiary/aromatic N) is 4. The molecule has 3 N–H and O–H groups in total. The summed E-state index contributed by atoms with van der Waals surface area (Å²) < 4.78 is 14.2. The van der Waals surface area contributed by atoms with Crippen molar-refractivity contribution < 1.29 is 9.18 Å². The second kappa shape index (κ2) is 10.4. The molecule has 0 bridgehead atoms. The maximum absolute atomic E-state index is 14.2. The highest BCUT2D eigenvalue weighted by molar-refractivity contribution is 6.31. The number of aromatic amines is 1. The van der Waals surface area contributed by atoms with E-state index < -0.39 is 5.82 Å². The predicted octanol–water partition coefficient (Wildman–Crippen LogP) is 4.44. The van der Waals surface area contributed by atoms with Crippen molar-refractivity contribution in [3.05, 3.63) is 35.5 Å². The third-order valence-corrected chi connectivity index (χ3v) is 5.07. The number of fused-ring (bicyclic) bond motifs is 1. The van der Waals surface area contributed by atoms with Gasteiger partial charge in [0.15, 0.2) is 17.5 Å². The van der Waals surface area contributed by atoms with Crippen molar-refractivity contribution in [2.45, 2.75) is 38.6 Å². The first-order valence-electron chi connectivity index (χ1n) is 10.2. The number of amides is 2. The highest BCUT2D eigenvalue weighted by atomic mass is 35.5. The fraction of sp³-hybridized carbons (Fsp3) is 0.429. The van der Waals surface area contributed by atoms with E-state index in [-0.39, 0.29) is 17.9 Å². The van der Waals surface area contributed by atoms with Gasteiger partial charge in [-0.1, -0.05) is 24.4 Å². The van der Waals surface area contributed by atoms with E-state index in [1.807, 2.05) is 6.92 Å². The van der Waals surface area contributed by atoms with E-state index in [9.17, 15) is 9.18 Å². The van der Waals surface area contributed by atoms with E-state index in [1.165, 1.54) is 4.90 Å². The van der Waals surface area contributed by atoms with Gasteiger partial charge in [-0.05, 0) is 25.8 Å². The monoisotopic (exact) mass is 447 g/mol. The second-order valence-electron chi connectivity index (χ2n) is 7.66. The van der Waals surface area contributed by atoms with Gasteiger partial charge in [0.2, 0.25) is 0 Å². The van der Waals surface area contributed by atoms with Crippen LogP contribution in [0.5, 0.6) is 0 Å². The first-order chi connectivity index (χ1) is 14.8. The minimum atomic E-state index is -0.500. The Morgan fingerprint density at radius 3 is 2.84 bits per heavy atom. The van der Waals surface area contributed by atoms with E-state index in [4.69, 9.17) is 11.6 Å². The number of carbonyl (C=O) groups excluding carboxylic acids is 1. The van der Waals surface area contributed by atoms with Gasteiger partial charge in [0.05, 0.1) is 11.2 Å². The third-order valence-electron chi connectivity index (χ3n) is 4.87. The largest absolute Gasteiger partial charge is 0.368 e. The van der Waals surface area contributed by atoms with Gasteiger partial charge in [-0.2, -0.15) is 0 Å². The Bertz CT molecular complexity index is 1040. The average Bonchev–Trinajstić information content (AvgIpc) is 3.14. The van der Waals surface area contributed by atoms with Gasteiger partial charge >= 0.3 is 6.03 Å². The normalized spacial score (nSPS) is 12.0. The fourth-order valence-corrected chi connectivity index (χ4v) is 3.31. The number of pyridine rings is 1. The molecule has 3 rings (SSSR count). The zero-order chi connectivity index (χ0) is 22.4. The van der Waals surface area contributed by atoms with Gasteiger partial charge in [0.1, 0.15) is 5.65 Å². The lowest BCUT2D eigenvalue weighted by atomic mass is 10.1. The SMILES string of the molecule is CC(CCCCCNc1nc(-c2c[nH]c3ncc(Cl)cc23)ncc1F)NC(=O)N(C)C. The van der Waals surface area contributed by atoms with Crippen LogP contribution < -0.4 is 10.6 Å². The Morgan fingerprint density at radius 1 is 1.26 bits per heavy atom. The smallest absolute Gasteiger partial charge is 0.317 e. The maximum atomic E-state index is 14.2. The summed E-state index contributed by atoms with van der Waals surface area (Å²) in [6.07, 6.45) is 8.14. The Labute approximate surface area is 185 Å². The Balaban J connectivity index is 1.51. The molecule has 0 saturated carbocycles. The summed E-state index contributed by atoms with van der Waals surface area (Å²) in [6, 6.07) is 1.80. The van der Waals surface area contributed by atoms with Gasteiger partial charge in [-0.15, -0.1) is 0 Å². The number of rotatable bonds is 9. The highest BCUT2D eigenvalue weighted by Gasteiger charge is 2.13. The van der Waals surface area contributed by atoms with Crippen molar-refractivity contribution >= 4 is 34.5 Å². The number of hydrogen-bond acceptors (Lipinski definition) is 5. The predicted molar refractivity (Wildman–Crippen MR) is 121 cm³/mol. The summed E-state index contributed by atoms with van der Waals surface area (Å²) in [4.78, 5) is 28.9. The molecule has 3 aromatic heterocycles. The first kappa shape index (κ1) is 22.7. The minimum absolute atomic E-state index is 0.0857. The van der Waals surface area contributed by atoms with Crippen LogP contribution in [-0.2, 0) is 0 Å². The summed E-state index contributed by atoms with van der Waals surface area (Å²) in [7, 11) is 3.44. The van der Waals surface area contributed by atoms with Crippen molar-refractivity contribution in [1.29, 1.82) is 0 Å². The van der Waals surface area contributed by atoms with E-state index >= 15 is 0 Å². The summed E-state index contributed by atoms with van der Waals surface area (Å²) in [5, 5.41) is 7.27. The van der Waals surface area contributed by atoms with Crippen LogP contribution in [0.4, 0.5) is 15.0 Å². The van der Waals surface area contributed by atoms with E-state index in [2.05, 4.69) is 30.6 Å². The van der Waals surface area contributed by atoms with Crippen molar-refractivity contribution in [2.75, 3.05) is 26.0 Å². The molecule has 8 nitrogen and oxygen atoms in total. The molecular formula is C21H27ClFN7O. The number of anilines is 1. The van der Waals surface area contributed by atoms with Crippen molar-refractivity contribution in [3.8, 4) is 11.4 Å². The molecule has 0 aliphatic rings. The third kappa shape index (κ3) is 6.04. The minimum Gasteiger partial charge on any atom is -0.368 e. The first-order valence-corrected chi connectivity index (χ1v) is 10.6. The van der Waals surface area contributed by atoms with Crippen LogP contribution in [0.1, 0.15) is 32.6 Å². The van der Waals surface area contributed by atoms with Crippen LogP contribution >= 0.6 is 11.6 Å². The lowest BCUT2D eigenvalue weighted by Crippen LogP contribution is -2.39. The summed E-state index contributed by atoms with van der Waals surface area (Å²) in [5.41, 5.74) is 1.37. The molecule has 1 atom stereocenters. The molecule has 0 fully saturated rings. The molecule has 166 valence electrons. The van der Waals surface area contributed by atoms with Gasteiger partial charge in [0, 0.05) is 50.0 Å². The lowest BCUT2D eigenvalue weighted by Gasteiger charge is -2.17. The zero-order valence-corrected chi connectivity index (χ0v) is 18.6. The highest BCUT2D eigenvalue weighted by Crippen LogP contribution is 2.28. The van der Waals surface area contributed by atoms with Crippen LogP contribution in [0, 0.1) is 5.82 Å². The number of carbonyl (C=O) groups is 1. The number of urea groups is 1. The van der Waals surface area contributed by atoms with Crippen LogP contribution in [0.25, 0.3) is 22.4 Å². The number of halogens is 2. The number of aromatic nitrogens is 4. The average molecular weight is 448 g/mol. The Morgan fingerprint density at radius 2 is 2.06 bits per heavy atom. The molecule has 1 unspecified atom stereocenters. The molecular weight excluding hydrogens is 421 g/mol. The van der Waals surface area contributed by atoms with Crippen LogP contribution in [0.2, 0.25) is 5.02 Å². The van der Waals surface area contributed by atoms with Crippen LogP contribution in [0.15, 0.2) is 24.7 Å². The van der Waals surface area contributed by atoms with Gasteiger partial charge in [-0.25, -0.2) is 24.1 Å². The molecule has 0 aromatic carbocycles. The van der Waals surface area contributed by atoms with E-state index in [1.54, 1.807) is 32.6 Å².